The van der Waals surface area contributed by atoms with E-state index in [4.69, 9.17) is 4.74 Å². The molecule has 0 bridgehead atoms. The van der Waals surface area contributed by atoms with Gasteiger partial charge in [0.1, 0.15) is 5.69 Å². The van der Waals surface area contributed by atoms with Crippen LogP contribution in [-0.4, -0.2) is 41.0 Å². The Hall–Kier alpha value is -2.96. The number of nitrogens with zero attached hydrogens (tertiary/aromatic N) is 3. The molecule has 0 radical (unpaired) electrons. The topological polar surface area (TPSA) is 84.4 Å². The number of anilines is 2. The van der Waals surface area contributed by atoms with E-state index in [9.17, 15) is 9.59 Å². The number of piperidine rings is 1. The first-order valence-electron chi connectivity index (χ1n) is 9.80. The Balaban J connectivity index is 1.70. The Morgan fingerprint density at radius 1 is 1.18 bits per heavy atom. The highest BCUT2D eigenvalue weighted by Gasteiger charge is 2.23. The number of benzene rings is 1. The quantitative estimate of drug-likeness (QED) is 0.767. The molecule has 0 aliphatic carbocycles. The third-order valence-corrected chi connectivity index (χ3v) is 4.88. The molecule has 28 heavy (non-hydrogen) atoms. The Kier molecular flexibility index (Phi) is 6.57. The minimum Gasteiger partial charge on any atom is -0.462 e. The summed E-state index contributed by atoms with van der Waals surface area (Å²) in [5, 5.41) is 2.81. The van der Waals surface area contributed by atoms with Crippen LogP contribution in [0.4, 0.5) is 11.6 Å². The van der Waals surface area contributed by atoms with Crippen LogP contribution in [0.2, 0.25) is 0 Å². The number of hydrogen-bond acceptors (Lipinski definition) is 6. The molecule has 2 heterocycles. The molecular weight excluding hydrogens is 356 g/mol. The minimum absolute atomic E-state index is 0.308. The molecule has 1 N–H and O–H groups in total. The van der Waals surface area contributed by atoms with Crippen molar-refractivity contribution in [3.8, 4) is 0 Å². The number of nitrogens with one attached hydrogen (secondary N) is 1. The Morgan fingerprint density at radius 2 is 1.96 bits per heavy atom. The summed E-state index contributed by atoms with van der Waals surface area (Å²) in [6.45, 7) is 5.16. The lowest BCUT2D eigenvalue weighted by Crippen LogP contribution is -2.40. The van der Waals surface area contributed by atoms with Crippen molar-refractivity contribution < 1.29 is 14.3 Å². The van der Waals surface area contributed by atoms with Gasteiger partial charge in [0, 0.05) is 24.5 Å². The Morgan fingerprint density at radius 3 is 2.68 bits per heavy atom. The van der Waals surface area contributed by atoms with E-state index in [-0.39, 0.29) is 11.9 Å². The van der Waals surface area contributed by atoms with Crippen molar-refractivity contribution in [1.29, 1.82) is 0 Å². The van der Waals surface area contributed by atoms with Crippen molar-refractivity contribution in [3.63, 3.8) is 0 Å². The lowest BCUT2D eigenvalue weighted by Gasteiger charge is -2.35. The SMILES string of the molecule is CCOC(=O)c1ccc(NC(=O)c2ccnc(N3CCCCC3CC)n2)cc1. The van der Waals surface area contributed by atoms with Gasteiger partial charge in [-0.15, -0.1) is 0 Å². The van der Waals surface area contributed by atoms with Crippen LogP contribution in [0.1, 0.15) is 60.4 Å². The van der Waals surface area contributed by atoms with E-state index in [1.54, 1.807) is 43.5 Å². The summed E-state index contributed by atoms with van der Waals surface area (Å²) in [7, 11) is 0. The van der Waals surface area contributed by atoms with Gasteiger partial charge in [-0.3, -0.25) is 4.79 Å². The first-order chi connectivity index (χ1) is 13.6. The molecule has 0 spiro atoms. The average molecular weight is 382 g/mol. The third-order valence-electron chi connectivity index (χ3n) is 4.88. The minimum atomic E-state index is -0.382. The zero-order valence-corrected chi connectivity index (χ0v) is 16.4. The van der Waals surface area contributed by atoms with E-state index in [2.05, 4.69) is 27.1 Å². The van der Waals surface area contributed by atoms with Crippen LogP contribution in [0.15, 0.2) is 36.5 Å². The Bertz CT molecular complexity index is 823. The number of hydrogen-bond donors (Lipinski definition) is 1. The van der Waals surface area contributed by atoms with Crippen molar-refractivity contribution in [2.75, 3.05) is 23.4 Å². The van der Waals surface area contributed by atoms with Crippen LogP contribution in [0.5, 0.6) is 0 Å². The molecule has 1 aliphatic rings. The molecule has 1 amide bonds. The normalized spacial score (nSPS) is 16.5. The molecule has 0 saturated carbocycles. The lowest BCUT2D eigenvalue weighted by atomic mass is 10.0. The van der Waals surface area contributed by atoms with E-state index in [0.717, 1.165) is 25.8 Å². The summed E-state index contributed by atoms with van der Waals surface area (Å²) < 4.78 is 4.96. The lowest BCUT2D eigenvalue weighted by molar-refractivity contribution is 0.0526. The number of esters is 1. The van der Waals surface area contributed by atoms with Crippen molar-refractivity contribution >= 4 is 23.5 Å². The summed E-state index contributed by atoms with van der Waals surface area (Å²) in [4.78, 5) is 35.4. The van der Waals surface area contributed by atoms with Gasteiger partial charge in [-0.05, 0) is 62.9 Å². The maximum Gasteiger partial charge on any atom is 0.338 e. The van der Waals surface area contributed by atoms with Crippen LogP contribution < -0.4 is 10.2 Å². The zero-order valence-electron chi connectivity index (χ0n) is 16.4. The maximum absolute atomic E-state index is 12.6. The molecule has 1 unspecified atom stereocenters. The van der Waals surface area contributed by atoms with Crippen molar-refractivity contribution in [2.24, 2.45) is 0 Å². The fourth-order valence-corrected chi connectivity index (χ4v) is 3.40. The molecule has 7 heteroatoms. The van der Waals surface area contributed by atoms with Crippen molar-refractivity contribution in [1.82, 2.24) is 9.97 Å². The van der Waals surface area contributed by atoms with Crippen LogP contribution in [0.25, 0.3) is 0 Å². The Labute approximate surface area is 165 Å². The van der Waals surface area contributed by atoms with E-state index in [1.165, 1.54) is 6.42 Å². The predicted molar refractivity (Wildman–Crippen MR) is 108 cm³/mol. The molecule has 2 aromatic rings. The second kappa shape index (κ2) is 9.30. The smallest absolute Gasteiger partial charge is 0.338 e. The highest BCUT2D eigenvalue weighted by molar-refractivity contribution is 6.03. The van der Waals surface area contributed by atoms with Gasteiger partial charge in [0.15, 0.2) is 0 Å². The molecule has 3 rings (SSSR count). The summed E-state index contributed by atoms with van der Waals surface area (Å²) in [6, 6.07) is 8.62. The van der Waals surface area contributed by atoms with Gasteiger partial charge in [-0.1, -0.05) is 6.92 Å². The van der Waals surface area contributed by atoms with E-state index >= 15 is 0 Å². The molecule has 1 saturated heterocycles. The predicted octanol–water partition coefficient (Wildman–Crippen LogP) is 3.67. The van der Waals surface area contributed by atoms with E-state index < -0.39 is 0 Å². The van der Waals surface area contributed by atoms with Crippen LogP contribution in [0, 0.1) is 0 Å². The monoisotopic (exact) mass is 382 g/mol. The first-order valence-corrected chi connectivity index (χ1v) is 9.80. The molecule has 1 aromatic carbocycles. The van der Waals surface area contributed by atoms with Gasteiger partial charge >= 0.3 is 5.97 Å². The summed E-state index contributed by atoms with van der Waals surface area (Å²) in [5.74, 6) is -0.0812. The number of carbonyl (C=O) groups excluding carboxylic acids is 2. The first kappa shape index (κ1) is 19.8. The fraction of sp³-hybridized carbons (Fsp3) is 0.429. The molecule has 1 fully saturated rings. The molecular formula is C21H26N4O3. The van der Waals surface area contributed by atoms with E-state index in [0.29, 0.717) is 35.5 Å². The zero-order chi connectivity index (χ0) is 19.9. The van der Waals surface area contributed by atoms with Crippen LogP contribution >= 0.6 is 0 Å². The second-order valence-corrected chi connectivity index (χ2v) is 6.75. The van der Waals surface area contributed by atoms with E-state index in [1.807, 2.05) is 0 Å². The fourth-order valence-electron chi connectivity index (χ4n) is 3.40. The van der Waals surface area contributed by atoms with Crippen LogP contribution in [-0.2, 0) is 4.74 Å². The number of aromatic nitrogens is 2. The van der Waals surface area contributed by atoms with Gasteiger partial charge in [0.25, 0.3) is 5.91 Å². The maximum atomic E-state index is 12.6. The summed E-state index contributed by atoms with van der Waals surface area (Å²) in [5.41, 5.74) is 1.35. The van der Waals surface area contributed by atoms with Gasteiger partial charge in [0.05, 0.1) is 12.2 Å². The number of rotatable bonds is 6. The van der Waals surface area contributed by atoms with Crippen molar-refractivity contribution in [3.05, 3.63) is 47.8 Å². The average Bonchev–Trinajstić information content (AvgIpc) is 2.74. The standard InChI is InChI=1S/C21H26N4O3/c1-3-17-7-5-6-14-25(17)21-22-13-12-18(24-21)19(26)23-16-10-8-15(9-11-16)20(27)28-4-2/h8-13,17H,3-7,14H2,1-2H3,(H,23,26). The van der Waals surface area contributed by atoms with Crippen molar-refractivity contribution in [2.45, 2.75) is 45.6 Å². The molecule has 1 aromatic heterocycles. The third kappa shape index (κ3) is 4.65. The number of amides is 1. The highest BCUT2D eigenvalue weighted by Crippen LogP contribution is 2.23. The van der Waals surface area contributed by atoms with Gasteiger partial charge in [0.2, 0.25) is 5.95 Å². The molecule has 148 valence electrons. The van der Waals surface area contributed by atoms with Crippen LogP contribution in [0.3, 0.4) is 0 Å². The van der Waals surface area contributed by atoms with Gasteiger partial charge < -0.3 is 15.0 Å². The number of carbonyl (C=O) groups is 2. The van der Waals surface area contributed by atoms with Gasteiger partial charge in [-0.2, -0.15) is 0 Å². The molecule has 7 nitrogen and oxygen atoms in total. The molecule has 1 atom stereocenters. The second-order valence-electron chi connectivity index (χ2n) is 6.75. The van der Waals surface area contributed by atoms with Gasteiger partial charge in [-0.25, -0.2) is 14.8 Å². The molecule has 1 aliphatic heterocycles. The number of ether oxygens (including phenoxy) is 1. The largest absolute Gasteiger partial charge is 0.462 e. The summed E-state index contributed by atoms with van der Waals surface area (Å²) >= 11 is 0. The highest BCUT2D eigenvalue weighted by atomic mass is 16.5. The summed E-state index contributed by atoms with van der Waals surface area (Å²) in [6.07, 6.45) is 6.12.